The summed E-state index contributed by atoms with van der Waals surface area (Å²) in [5, 5.41) is 17.6. The average Bonchev–Trinajstić information content (AvgIpc) is 2.47. The van der Waals surface area contributed by atoms with E-state index in [0.717, 1.165) is 51.4 Å². The summed E-state index contributed by atoms with van der Waals surface area (Å²) >= 11 is 0. The van der Waals surface area contributed by atoms with Gasteiger partial charge < -0.3 is 20.0 Å². The number of phosphoric acid groups is 1. The number of hydrogen-bond donors (Lipinski definition) is 4. The van der Waals surface area contributed by atoms with Gasteiger partial charge in [-0.15, -0.1) is 0 Å². The molecule has 21 heavy (non-hydrogen) atoms. The Hall–Kier alpha value is 0.0300. The van der Waals surface area contributed by atoms with Crippen molar-refractivity contribution in [3.8, 4) is 0 Å². The first-order valence-electron chi connectivity index (χ1n) is 7.84. The molecule has 0 aromatic heterocycles. The molecule has 0 bridgehead atoms. The second-order valence-corrected chi connectivity index (χ2v) is 6.88. The summed E-state index contributed by atoms with van der Waals surface area (Å²) in [7, 11) is -4.21. The number of aliphatic hydroxyl groups excluding tert-OH is 2. The van der Waals surface area contributed by atoms with Crippen molar-refractivity contribution in [3.05, 3.63) is 0 Å². The predicted molar refractivity (Wildman–Crippen MR) is 81.8 cm³/mol. The van der Waals surface area contributed by atoms with E-state index >= 15 is 0 Å². The molecule has 128 valence electrons. The number of rotatable bonds is 8. The van der Waals surface area contributed by atoms with Crippen molar-refractivity contribution in [2.75, 3.05) is 19.8 Å². The van der Waals surface area contributed by atoms with Gasteiger partial charge in [-0.2, -0.15) is 0 Å². The molecule has 1 rings (SSSR count). The van der Waals surface area contributed by atoms with Crippen molar-refractivity contribution in [1.82, 2.24) is 0 Å². The average molecular weight is 326 g/mol. The molecule has 0 radical (unpaired) electrons. The molecule has 0 amide bonds. The third-order valence-corrected chi connectivity index (χ3v) is 4.26. The number of hydrogen-bond acceptors (Lipinski definition) is 4. The van der Waals surface area contributed by atoms with Crippen LogP contribution in [-0.2, 0) is 9.09 Å². The molecule has 0 atom stereocenters. The first-order chi connectivity index (χ1) is 9.92. The van der Waals surface area contributed by atoms with Crippen molar-refractivity contribution in [2.24, 2.45) is 11.8 Å². The molecule has 4 N–H and O–H groups in total. The summed E-state index contributed by atoms with van der Waals surface area (Å²) in [6.45, 7) is 2.89. The van der Waals surface area contributed by atoms with E-state index in [9.17, 15) is 4.57 Å². The Labute approximate surface area is 127 Å². The standard InChI is InChI=1S/C8H16O2.C6H15O4P/c9-5-7-1-2-8(6-10)4-3-7;1-2-3-4-5-6-10-11(7,8)9/h7-10H,1-6H2;2-6H2,1H3,(H2,7,8,9). The molecule has 7 heteroatoms. The zero-order valence-corrected chi connectivity index (χ0v) is 13.9. The van der Waals surface area contributed by atoms with Crippen LogP contribution in [0.1, 0.15) is 58.3 Å². The highest BCUT2D eigenvalue weighted by Gasteiger charge is 2.19. The van der Waals surface area contributed by atoms with Crippen LogP contribution in [0.25, 0.3) is 0 Å². The third-order valence-electron chi connectivity index (χ3n) is 3.74. The fraction of sp³-hybridized carbons (Fsp3) is 1.00. The predicted octanol–water partition coefficient (Wildman–Crippen LogP) is 2.45. The Kier molecular flexibility index (Phi) is 12.6. The lowest BCUT2D eigenvalue weighted by Gasteiger charge is -2.25. The van der Waals surface area contributed by atoms with Gasteiger partial charge >= 0.3 is 7.82 Å². The smallest absolute Gasteiger partial charge is 0.396 e. The van der Waals surface area contributed by atoms with Crippen LogP contribution in [0.4, 0.5) is 0 Å². The highest BCUT2D eigenvalue weighted by atomic mass is 31.2. The second kappa shape index (κ2) is 12.6. The molecule has 0 spiro atoms. The number of phosphoric ester groups is 1. The topological polar surface area (TPSA) is 107 Å². The van der Waals surface area contributed by atoms with E-state index < -0.39 is 7.82 Å². The third kappa shape index (κ3) is 13.4. The maximum absolute atomic E-state index is 10.1. The summed E-state index contributed by atoms with van der Waals surface area (Å²) in [5.41, 5.74) is 0. The van der Waals surface area contributed by atoms with Gasteiger partial charge in [0.15, 0.2) is 0 Å². The Morgan fingerprint density at radius 3 is 1.76 bits per heavy atom. The summed E-state index contributed by atoms with van der Waals surface area (Å²) in [4.78, 5) is 16.5. The van der Waals surface area contributed by atoms with E-state index in [1.165, 1.54) is 0 Å². The molecular formula is C14H31O6P. The van der Waals surface area contributed by atoms with Crippen molar-refractivity contribution < 1.29 is 29.1 Å². The molecule has 0 saturated heterocycles. The van der Waals surface area contributed by atoms with E-state index in [-0.39, 0.29) is 6.61 Å². The molecule has 1 fully saturated rings. The van der Waals surface area contributed by atoms with E-state index in [1.54, 1.807) is 0 Å². The minimum atomic E-state index is -4.21. The fourth-order valence-corrected chi connectivity index (χ4v) is 2.68. The lowest BCUT2D eigenvalue weighted by atomic mass is 9.83. The molecule has 1 saturated carbocycles. The highest BCUT2D eigenvalue weighted by molar-refractivity contribution is 7.46. The fourth-order valence-electron chi connectivity index (χ4n) is 2.31. The van der Waals surface area contributed by atoms with Gasteiger partial charge in [-0.25, -0.2) is 4.57 Å². The largest absolute Gasteiger partial charge is 0.469 e. The van der Waals surface area contributed by atoms with Gasteiger partial charge in [0, 0.05) is 13.2 Å². The Bertz CT molecular complexity index is 261. The van der Waals surface area contributed by atoms with Gasteiger partial charge in [0.25, 0.3) is 0 Å². The Morgan fingerprint density at radius 2 is 1.43 bits per heavy atom. The van der Waals surface area contributed by atoms with Gasteiger partial charge in [-0.05, 0) is 43.9 Å². The van der Waals surface area contributed by atoms with Gasteiger partial charge in [0.2, 0.25) is 0 Å². The maximum Gasteiger partial charge on any atom is 0.469 e. The van der Waals surface area contributed by atoms with Crippen molar-refractivity contribution in [2.45, 2.75) is 58.3 Å². The number of aliphatic hydroxyl groups is 2. The summed E-state index contributed by atoms with van der Waals surface area (Å²) in [6.07, 6.45) is 8.28. The zero-order valence-electron chi connectivity index (χ0n) is 13.0. The lowest BCUT2D eigenvalue weighted by Crippen LogP contribution is -2.19. The second-order valence-electron chi connectivity index (χ2n) is 5.64. The van der Waals surface area contributed by atoms with E-state index in [2.05, 4.69) is 11.4 Å². The number of unbranched alkanes of at least 4 members (excludes halogenated alkanes) is 3. The van der Waals surface area contributed by atoms with Crippen molar-refractivity contribution in [3.63, 3.8) is 0 Å². The van der Waals surface area contributed by atoms with Crippen LogP contribution in [0.3, 0.4) is 0 Å². The van der Waals surface area contributed by atoms with Gasteiger partial charge in [-0.1, -0.05) is 26.2 Å². The molecular weight excluding hydrogens is 295 g/mol. The molecule has 0 unspecified atom stereocenters. The van der Waals surface area contributed by atoms with Crippen LogP contribution in [0.15, 0.2) is 0 Å². The SMILES string of the molecule is CCCCCCOP(=O)(O)O.OCC1CCC(CO)CC1. The summed E-state index contributed by atoms with van der Waals surface area (Å²) in [5.74, 6) is 1.03. The minimum Gasteiger partial charge on any atom is -0.396 e. The van der Waals surface area contributed by atoms with Crippen molar-refractivity contribution in [1.29, 1.82) is 0 Å². The van der Waals surface area contributed by atoms with Crippen LogP contribution >= 0.6 is 7.82 Å². The van der Waals surface area contributed by atoms with Gasteiger partial charge in [-0.3, -0.25) is 4.52 Å². The molecule has 0 aromatic carbocycles. The highest BCUT2D eigenvalue weighted by Crippen LogP contribution is 2.35. The lowest BCUT2D eigenvalue weighted by molar-refractivity contribution is 0.131. The molecule has 6 nitrogen and oxygen atoms in total. The zero-order chi connectivity index (χ0) is 16.1. The van der Waals surface area contributed by atoms with Crippen LogP contribution in [0.5, 0.6) is 0 Å². The summed E-state index contributed by atoms with van der Waals surface area (Å²) < 4.78 is 14.4. The van der Waals surface area contributed by atoms with E-state index in [4.69, 9.17) is 20.0 Å². The van der Waals surface area contributed by atoms with Gasteiger partial charge in [0.05, 0.1) is 6.61 Å². The maximum atomic E-state index is 10.1. The summed E-state index contributed by atoms with van der Waals surface area (Å²) in [6, 6.07) is 0. The Morgan fingerprint density at radius 1 is 0.952 bits per heavy atom. The quantitative estimate of drug-likeness (QED) is 0.403. The normalized spacial score (nSPS) is 22.5. The van der Waals surface area contributed by atoms with Crippen molar-refractivity contribution >= 4 is 7.82 Å². The first-order valence-corrected chi connectivity index (χ1v) is 9.37. The van der Waals surface area contributed by atoms with Crippen LogP contribution in [0.2, 0.25) is 0 Å². The van der Waals surface area contributed by atoms with Crippen LogP contribution in [0, 0.1) is 11.8 Å². The van der Waals surface area contributed by atoms with Gasteiger partial charge in [0.1, 0.15) is 0 Å². The molecule has 0 aliphatic heterocycles. The Balaban J connectivity index is 0.000000382. The van der Waals surface area contributed by atoms with Crippen LogP contribution in [-0.4, -0.2) is 39.8 Å². The van der Waals surface area contributed by atoms with E-state index in [1.807, 2.05) is 0 Å². The van der Waals surface area contributed by atoms with Crippen LogP contribution < -0.4 is 0 Å². The van der Waals surface area contributed by atoms with E-state index in [0.29, 0.717) is 25.0 Å². The molecule has 1 aliphatic carbocycles. The minimum absolute atomic E-state index is 0.157. The monoisotopic (exact) mass is 326 g/mol. The first kappa shape index (κ1) is 21.0. The molecule has 1 aliphatic rings. The molecule has 0 heterocycles. The molecule has 0 aromatic rings.